The predicted molar refractivity (Wildman–Crippen MR) is 150 cm³/mol. The van der Waals surface area contributed by atoms with E-state index in [1.165, 1.54) is 50.5 Å². The molecule has 0 radical (unpaired) electrons. The Morgan fingerprint density at radius 2 is 1.45 bits per heavy atom. The van der Waals surface area contributed by atoms with Crippen molar-refractivity contribution >= 4 is 22.8 Å². The number of benzene rings is 3. The molecule has 0 aliphatic heterocycles. The molecule has 2 saturated carbocycles. The van der Waals surface area contributed by atoms with Crippen molar-refractivity contribution in [1.29, 1.82) is 0 Å². The second-order valence-corrected chi connectivity index (χ2v) is 11.0. The molecule has 194 valence electrons. The molecule has 3 aromatic carbocycles. The highest BCUT2D eigenvalue weighted by molar-refractivity contribution is 5.97. The Hall–Kier alpha value is -3.73. The van der Waals surface area contributed by atoms with E-state index in [-0.39, 0.29) is 11.3 Å². The number of hydrogen-bond acceptors (Lipinski definition) is 3. The van der Waals surface area contributed by atoms with Crippen LogP contribution in [0.15, 0.2) is 66.7 Å². The molecule has 5 heteroatoms. The van der Waals surface area contributed by atoms with E-state index in [0.717, 1.165) is 40.9 Å². The first kappa shape index (κ1) is 24.6. The molecule has 0 amide bonds. The summed E-state index contributed by atoms with van der Waals surface area (Å²) in [5, 5.41) is 9.44. The van der Waals surface area contributed by atoms with Gasteiger partial charge in [-0.3, -0.25) is 4.79 Å². The van der Waals surface area contributed by atoms with Crippen molar-refractivity contribution in [2.75, 3.05) is 0 Å². The summed E-state index contributed by atoms with van der Waals surface area (Å²) in [4.78, 5) is 29.4. The summed E-state index contributed by atoms with van der Waals surface area (Å²) in [5.41, 5.74) is 6.04. The van der Waals surface area contributed by atoms with Crippen LogP contribution in [0.2, 0.25) is 0 Å². The van der Waals surface area contributed by atoms with Crippen LogP contribution in [0, 0.1) is 0 Å². The number of imidazole rings is 1. The van der Waals surface area contributed by atoms with Gasteiger partial charge in [-0.25, -0.2) is 9.78 Å². The molecule has 5 nitrogen and oxygen atoms in total. The fraction of sp³-hybridized carbons (Fsp3) is 0.364. The van der Waals surface area contributed by atoms with Crippen LogP contribution in [0.3, 0.4) is 0 Å². The van der Waals surface area contributed by atoms with Crippen molar-refractivity contribution in [3.63, 3.8) is 0 Å². The summed E-state index contributed by atoms with van der Waals surface area (Å²) in [6, 6.07) is 22.0. The molecule has 6 rings (SSSR count). The van der Waals surface area contributed by atoms with E-state index in [0.29, 0.717) is 23.9 Å². The van der Waals surface area contributed by atoms with Crippen molar-refractivity contribution in [1.82, 2.24) is 9.55 Å². The number of hydrogen-bond donors (Lipinski definition) is 1. The number of aromatic carboxylic acids is 1. The first-order chi connectivity index (χ1) is 18.6. The van der Waals surface area contributed by atoms with E-state index in [9.17, 15) is 14.7 Å². The van der Waals surface area contributed by atoms with Gasteiger partial charge in [-0.15, -0.1) is 0 Å². The minimum atomic E-state index is -0.943. The number of rotatable bonds is 7. The van der Waals surface area contributed by atoms with Crippen molar-refractivity contribution < 1.29 is 14.7 Å². The average Bonchev–Trinajstić information content (AvgIpc) is 3.61. The number of aromatic nitrogens is 2. The summed E-state index contributed by atoms with van der Waals surface area (Å²) in [5.74, 6) is 0.698. The van der Waals surface area contributed by atoms with Gasteiger partial charge in [0.1, 0.15) is 5.82 Å². The molecule has 38 heavy (non-hydrogen) atoms. The van der Waals surface area contributed by atoms with Gasteiger partial charge in [-0.05, 0) is 60.9 Å². The lowest BCUT2D eigenvalue weighted by Crippen LogP contribution is -2.07. The van der Waals surface area contributed by atoms with Gasteiger partial charge < -0.3 is 9.67 Å². The number of carboxylic acids is 1. The van der Waals surface area contributed by atoms with E-state index >= 15 is 0 Å². The third kappa shape index (κ3) is 4.90. The van der Waals surface area contributed by atoms with Crippen molar-refractivity contribution in [3.05, 3.63) is 89.0 Å². The Morgan fingerprint density at radius 3 is 2.13 bits per heavy atom. The number of carboxylic acid groups (broad SMARTS) is 1. The first-order valence-electron chi connectivity index (χ1n) is 14.0. The quantitative estimate of drug-likeness (QED) is 0.258. The smallest absolute Gasteiger partial charge is 0.335 e. The third-order valence-corrected chi connectivity index (χ3v) is 8.51. The number of carbonyl (C=O) groups excluding carboxylic acids is 1. The molecule has 2 aliphatic rings. The van der Waals surface area contributed by atoms with Gasteiger partial charge in [-0.2, -0.15) is 0 Å². The Kier molecular flexibility index (Phi) is 6.84. The van der Waals surface area contributed by atoms with Gasteiger partial charge in [0.15, 0.2) is 5.78 Å². The van der Waals surface area contributed by atoms with E-state index < -0.39 is 5.97 Å². The van der Waals surface area contributed by atoms with Crippen LogP contribution in [0.1, 0.15) is 102 Å². The van der Waals surface area contributed by atoms with E-state index in [4.69, 9.17) is 4.98 Å². The molecule has 1 N–H and O–H groups in total. The lowest BCUT2D eigenvalue weighted by Gasteiger charge is -2.22. The summed E-state index contributed by atoms with van der Waals surface area (Å²) in [6.07, 6.45) is 11.4. The van der Waals surface area contributed by atoms with Crippen molar-refractivity contribution in [2.24, 2.45) is 0 Å². The lowest BCUT2D eigenvalue weighted by atomic mass is 9.84. The Balaban J connectivity index is 1.23. The standard InChI is InChI=1S/C33H34N2O3/c36-31(25-16-14-24(15-17-25)23-6-2-1-3-7-23)20-22-10-12-26(13-11-22)32-34-29-21-27(33(37)38)18-19-30(29)35(32)28-8-4-5-9-28/h10-19,21,23,28H,1-9,20H2,(H,37,38). The second kappa shape index (κ2) is 10.6. The molecule has 0 bridgehead atoms. The molecular formula is C33H34N2O3. The number of carbonyl (C=O) groups is 2. The Labute approximate surface area is 223 Å². The summed E-state index contributed by atoms with van der Waals surface area (Å²) in [7, 11) is 0. The van der Waals surface area contributed by atoms with Crippen LogP contribution in [0.4, 0.5) is 0 Å². The third-order valence-electron chi connectivity index (χ3n) is 8.51. The highest BCUT2D eigenvalue weighted by atomic mass is 16.4. The maximum Gasteiger partial charge on any atom is 0.335 e. The molecule has 2 fully saturated rings. The van der Waals surface area contributed by atoms with E-state index in [1.54, 1.807) is 12.1 Å². The van der Waals surface area contributed by atoms with Crippen LogP contribution in [-0.4, -0.2) is 26.4 Å². The van der Waals surface area contributed by atoms with E-state index in [1.807, 2.05) is 42.5 Å². The largest absolute Gasteiger partial charge is 0.478 e. The Morgan fingerprint density at radius 1 is 0.789 bits per heavy atom. The topological polar surface area (TPSA) is 72.2 Å². The molecule has 1 aromatic heterocycles. The maximum atomic E-state index is 13.0. The summed E-state index contributed by atoms with van der Waals surface area (Å²) < 4.78 is 2.29. The normalized spacial score (nSPS) is 16.7. The lowest BCUT2D eigenvalue weighted by molar-refractivity contribution is 0.0696. The predicted octanol–water partition coefficient (Wildman–Crippen LogP) is 7.99. The zero-order valence-corrected chi connectivity index (χ0v) is 21.7. The molecule has 0 atom stereocenters. The fourth-order valence-corrected chi connectivity index (χ4v) is 6.40. The van der Waals surface area contributed by atoms with Crippen LogP contribution in [0.5, 0.6) is 0 Å². The number of ketones is 1. The molecule has 1 heterocycles. The van der Waals surface area contributed by atoms with Gasteiger partial charge in [-0.1, -0.05) is 80.6 Å². The number of nitrogens with zero attached hydrogens (tertiary/aromatic N) is 2. The van der Waals surface area contributed by atoms with Crippen LogP contribution < -0.4 is 0 Å². The molecule has 0 spiro atoms. The van der Waals surface area contributed by atoms with Gasteiger partial charge in [0.05, 0.1) is 16.6 Å². The molecule has 2 aliphatic carbocycles. The monoisotopic (exact) mass is 506 g/mol. The minimum Gasteiger partial charge on any atom is -0.478 e. The van der Waals surface area contributed by atoms with Crippen LogP contribution >= 0.6 is 0 Å². The second-order valence-electron chi connectivity index (χ2n) is 11.0. The Bertz CT molecular complexity index is 1450. The molecule has 0 unspecified atom stereocenters. The number of Topliss-reactive ketones (excluding diaryl/α,β-unsaturated/α-hetero) is 1. The molecular weight excluding hydrogens is 472 g/mol. The van der Waals surface area contributed by atoms with Crippen molar-refractivity contribution in [2.45, 2.75) is 76.2 Å². The first-order valence-corrected chi connectivity index (χ1v) is 14.0. The van der Waals surface area contributed by atoms with Gasteiger partial charge in [0.25, 0.3) is 0 Å². The zero-order valence-electron chi connectivity index (χ0n) is 21.7. The summed E-state index contributed by atoms with van der Waals surface area (Å²) >= 11 is 0. The van der Waals surface area contributed by atoms with Crippen LogP contribution in [0.25, 0.3) is 22.4 Å². The fourth-order valence-electron chi connectivity index (χ4n) is 6.40. The van der Waals surface area contributed by atoms with E-state index in [2.05, 4.69) is 16.7 Å². The molecule has 4 aromatic rings. The maximum absolute atomic E-state index is 13.0. The van der Waals surface area contributed by atoms with Crippen molar-refractivity contribution in [3.8, 4) is 11.4 Å². The highest BCUT2D eigenvalue weighted by Gasteiger charge is 2.24. The van der Waals surface area contributed by atoms with Crippen LogP contribution in [-0.2, 0) is 6.42 Å². The summed E-state index contributed by atoms with van der Waals surface area (Å²) in [6.45, 7) is 0. The minimum absolute atomic E-state index is 0.132. The molecule has 0 saturated heterocycles. The highest BCUT2D eigenvalue weighted by Crippen LogP contribution is 2.37. The van der Waals surface area contributed by atoms with Gasteiger partial charge >= 0.3 is 5.97 Å². The average molecular weight is 507 g/mol. The van der Waals surface area contributed by atoms with Gasteiger partial charge in [0.2, 0.25) is 0 Å². The number of fused-ring (bicyclic) bond motifs is 1. The SMILES string of the molecule is O=C(O)c1ccc2c(c1)nc(-c1ccc(CC(=O)c3ccc(C4CCCCC4)cc3)cc1)n2C1CCCC1. The van der Waals surface area contributed by atoms with Gasteiger partial charge in [0, 0.05) is 23.6 Å². The zero-order chi connectivity index (χ0) is 26.1.